The fraction of sp³-hybridized carbons (Fsp3) is 0.167. The van der Waals surface area contributed by atoms with Crippen molar-refractivity contribution in [3.8, 4) is 0 Å². The molecule has 1 aliphatic rings. The van der Waals surface area contributed by atoms with E-state index in [1.165, 1.54) is 48.5 Å². The summed E-state index contributed by atoms with van der Waals surface area (Å²) < 4.78 is 46.9. The van der Waals surface area contributed by atoms with Crippen LogP contribution in [0.15, 0.2) is 53.4 Å². The summed E-state index contributed by atoms with van der Waals surface area (Å²) in [7, 11) is -4.68. The summed E-state index contributed by atoms with van der Waals surface area (Å²) in [5.74, 6) is -3.13. The summed E-state index contributed by atoms with van der Waals surface area (Å²) in [6.45, 7) is 3.66. The van der Waals surface area contributed by atoms with Gasteiger partial charge in [-0.3, -0.25) is 0 Å². The van der Waals surface area contributed by atoms with Gasteiger partial charge in [0.05, 0.1) is 0 Å². The van der Waals surface area contributed by atoms with Gasteiger partial charge >= 0.3 is 170 Å². The van der Waals surface area contributed by atoms with E-state index in [0.717, 1.165) is 19.4 Å². The van der Waals surface area contributed by atoms with Crippen molar-refractivity contribution in [2.45, 2.75) is 25.7 Å². The molecule has 11 heteroatoms. The van der Waals surface area contributed by atoms with Crippen LogP contribution in [0.25, 0.3) is 0 Å². The van der Waals surface area contributed by atoms with Crippen LogP contribution in [0.5, 0.6) is 0 Å². The Morgan fingerprint density at radius 1 is 0.931 bits per heavy atom. The molecule has 0 saturated heterocycles. The number of aryl methyl sites for hydroxylation is 1. The van der Waals surface area contributed by atoms with Crippen molar-refractivity contribution in [1.82, 2.24) is 0 Å². The molecule has 3 rings (SSSR count). The molecule has 0 spiro atoms. The third kappa shape index (κ3) is 3.72. The molecule has 0 unspecified atom stereocenters. The van der Waals surface area contributed by atoms with Crippen LogP contribution in [0.2, 0.25) is 0 Å². The molecule has 9 nitrogen and oxygen atoms in total. The minimum atomic E-state index is -6.60. The van der Waals surface area contributed by atoms with Gasteiger partial charge in [-0.15, -0.1) is 0 Å². The molecule has 2 aromatic rings. The van der Waals surface area contributed by atoms with Crippen LogP contribution in [0.3, 0.4) is 0 Å². The maximum absolute atomic E-state index is 13.0. The summed E-state index contributed by atoms with van der Waals surface area (Å²) in [6.07, 6.45) is 0. The van der Waals surface area contributed by atoms with Crippen molar-refractivity contribution in [3.05, 3.63) is 63.2 Å². The van der Waals surface area contributed by atoms with E-state index in [4.69, 9.17) is 11.7 Å². The Bertz CT molecular complexity index is 1100. The number of hydrogen-bond acceptors (Lipinski definition) is 9. The zero-order valence-electron chi connectivity index (χ0n) is 15.6. The predicted octanol–water partition coefficient (Wildman–Crippen LogP) is 3.10. The third-order valence-corrected chi connectivity index (χ3v) is 14.9. The van der Waals surface area contributed by atoms with E-state index in [0.29, 0.717) is 0 Å². The molecule has 0 radical (unpaired) electrons. The van der Waals surface area contributed by atoms with Crippen LogP contribution < -0.4 is 0 Å². The Labute approximate surface area is 169 Å². The first-order valence-electron chi connectivity index (χ1n) is 8.13. The molecule has 0 amide bonds. The first kappa shape index (κ1) is 21.2. The maximum atomic E-state index is 13.0. The standard InChI is InChI=1S/C18H17IO9S/c1-12-8-10-15(11-9-12)29(23,24)28-19(25-13(2)20,26-14(3)21)17-7-5-4-6-16(17)18(22)27-19/h4-11H,1-3H3. The molecular weight excluding hydrogens is 519 g/mol. The monoisotopic (exact) mass is 536 g/mol. The third-order valence-electron chi connectivity index (χ3n) is 3.61. The zero-order valence-corrected chi connectivity index (χ0v) is 18.6. The molecule has 0 atom stereocenters. The van der Waals surface area contributed by atoms with E-state index in [-0.39, 0.29) is 14.0 Å². The number of hydrogen-bond donors (Lipinski definition) is 0. The van der Waals surface area contributed by atoms with Crippen LogP contribution in [0.1, 0.15) is 29.8 Å². The van der Waals surface area contributed by atoms with Gasteiger partial charge in [-0.05, 0) is 0 Å². The van der Waals surface area contributed by atoms with Crippen molar-refractivity contribution >= 4 is 46.7 Å². The minimum absolute atomic E-state index is 0.122. The molecule has 29 heavy (non-hydrogen) atoms. The summed E-state index contributed by atoms with van der Waals surface area (Å²) >= 11 is -6.60. The van der Waals surface area contributed by atoms with Crippen molar-refractivity contribution in [2.75, 3.05) is 0 Å². The van der Waals surface area contributed by atoms with Crippen LogP contribution in [-0.2, 0) is 31.4 Å². The van der Waals surface area contributed by atoms with E-state index >= 15 is 0 Å². The van der Waals surface area contributed by atoms with Crippen LogP contribution in [0.4, 0.5) is 0 Å². The average Bonchev–Trinajstić information content (AvgIpc) is 2.82. The fourth-order valence-corrected chi connectivity index (χ4v) is 14.0. The van der Waals surface area contributed by atoms with Crippen LogP contribution in [-0.4, -0.2) is 26.3 Å². The SMILES string of the molecule is CC(=O)OI1(OC(C)=O)(OS(=O)(=O)c2ccc(C)cc2)OC(=O)c2ccccc21. The van der Waals surface area contributed by atoms with Gasteiger partial charge in [-0.1, -0.05) is 0 Å². The van der Waals surface area contributed by atoms with Gasteiger partial charge in [0.1, 0.15) is 0 Å². The first-order valence-corrected chi connectivity index (χ1v) is 14.1. The molecule has 1 aliphatic heterocycles. The molecule has 0 saturated carbocycles. The molecule has 0 fully saturated rings. The van der Waals surface area contributed by atoms with Gasteiger partial charge in [-0.2, -0.15) is 0 Å². The van der Waals surface area contributed by atoms with Gasteiger partial charge in [0.25, 0.3) is 0 Å². The Morgan fingerprint density at radius 2 is 1.48 bits per heavy atom. The number of fused-ring (bicyclic) bond motifs is 1. The molecule has 0 bridgehead atoms. The summed E-state index contributed by atoms with van der Waals surface area (Å²) in [5, 5.41) is 0. The molecule has 0 aromatic heterocycles. The number of carbonyl (C=O) groups is 3. The fourth-order valence-electron chi connectivity index (χ4n) is 2.56. The predicted molar refractivity (Wildman–Crippen MR) is 108 cm³/mol. The number of carbonyl (C=O) groups excluding carboxylic acids is 3. The number of benzene rings is 2. The normalized spacial score (nSPS) is 17.9. The van der Waals surface area contributed by atoms with E-state index in [9.17, 15) is 22.8 Å². The van der Waals surface area contributed by atoms with Crippen molar-refractivity contribution in [1.29, 1.82) is 0 Å². The quantitative estimate of drug-likeness (QED) is 0.531. The Morgan fingerprint density at radius 3 is 2.03 bits per heavy atom. The van der Waals surface area contributed by atoms with Crippen molar-refractivity contribution in [3.63, 3.8) is 0 Å². The average molecular weight is 536 g/mol. The van der Waals surface area contributed by atoms with Crippen molar-refractivity contribution in [2.24, 2.45) is 0 Å². The van der Waals surface area contributed by atoms with E-state index in [2.05, 4.69) is 0 Å². The molecular formula is C18H17IO9S. The van der Waals surface area contributed by atoms with Gasteiger partial charge < -0.3 is 0 Å². The van der Waals surface area contributed by atoms with E-state index in [1.807, 2.05) is 0 Å². The van der Waals surface area contributed by atoms with Crippen LogP contribution >= 0.6 is 18.7 Å². The van der Waals surface area contributed by atoms with Crippen LogP contribution in [0, 0.1) is 10.5 Å². The first-order chi connectivity index (χ1) is 13.5. The molecule has 2 aromatic carbocycles. The Kier molecular flexibility index (Phi) is 5.17. The molecule has 0 aliphatic carbocycles. The van der Waals surface area contributed by atoms with E-state index in [1.54, 1.807) is 6.92 Å². The number of rotatable bonds is 5. The molecule has 1 heterocycles. The zero-order chi connectivity index (χ0) is 21.5. The van der Waals surface area contributed by atoms with Gasteiger partial charge in [0.2, 0.25) is 0 Å². The number of halogens is 1. The molecule has 0 N–H and O–H groups in total. The summed E-state index contributed by atoms with van der Waals surface area (Å²) in [4.78, 5) is 36.1. The Balaban J connectivity index is 2.29. The van der Waals surface area contributed by atoms with Gasteiger partial charge in [-0.25, -0.2) is 0 Å². The second-order valence-electron chi connectivity index (χ2n) is 6.00. The second-order valence-corrected chi connectivity index (χ2v) is 15.0. The van der Waals surface area contributed by atoms with E-state index < -0.39 is 46.7 Å². The molecule has 156 valence electrons. The Hall–Kier alpha value is -2.51. The second kappa shape index (κ2) is 7.07. The van der Waals surface area contributed by atoms with Gasteiger partial charge in [0, 0.05) is 0 Å². The summed E-state index contributed by atoms with van der Waals surface area (Å²) in [6, 6.07) is 11.1. The van der Waals surface area contributed by atoms with Gasteiger partial charge in [0.15, 0.2) is 0 Å². The van der Waals surface area contributed by atoms with Crippen molar-refractivity contribution < 1.29 is 34.5 Å². The summed E-state index contributed by atoms with van der Waals surface area (Å²) in [5.41, 5.74) is 0.663. The topological polar surface area (TPSA) is 122 Å².